The smallest absolute Gasteiger partial charge is 0.343 e. The first-order valence-electron chi connectivity index (χ1n) is 8.49. The summed E-state index contributed by atoms with van der Waals surface area (Å²) in [6.07, 6.45) is 0.342. The third-order valence-corrected chi connectivity index (χ3v) is 4.16. The molecule has 2 N–H and O–H groups in total. The quantitative estimate of drug-likeness (QED) is 0.765. The second-order valence-corrected chi connectivity index (χ2v) is 6.00. The number of amides is 1. The van der Waals surface area contributed by atoms with Gasteiger partial charge in [0.15, 0.2) is 6.61 Å². The molecule has 1 unspecified atom stereocenters. The summed E-state index contributed by atoms with van der Waals surface area (Å²) >= 11 is 0. The molecular weight excluding hydrogens is 336 g/mol. The number of hydrogen-bond acceptors (Lipinski definition) is 6. The Hall–Kier alpha value is -2.64. The van der Waals surface area contributed by atoms with Gasteiger partial charge in [0.2, 0.25) is 5.91 Å². The Morgan fingerprint density at radius 1 is 1.23 bits per heavy atom. The molecule has 0 saturated carbocycles. The zero-order chi connectivity index (χ0) is 18.4. The van der Waals surface area contributed by atoms with Crippen LogP contribution in [-0.4, -0.2) is 51.4 Å². The number of morpholine rings is 1. The summed E-state index contributed by atoms with van der Waals surface area (Å²) in [5, 5.41) is 7.88. The molecule has 2 aromatic carbocycles. The highest BCUT2D eigenvalue weighted by Crippen LogP contribution is 2.31. The van der Waals surface area contributed by atoms with Gasteiger partial charge in [-0.05, 0) is 12.1 Å². The second-order valence-electron chi connectivity index (χ2n) is 6.00. The average Bonchev–Trinajstić information content (AvgIpc) is 2.67. The van der Waals surface area contributed by atoms with E-state index in [1.54, 1.807) is 12.1 Å². The molecule has 1 aliphatic rings. The lowest BCUT2D eigenvalue weighted by atomic mass is 10.1. The van der Waals surface area contributed by atoms with Crippen LogP contribution in [0.15, 0.2) is 36.4 Å². The Kier molecular flexibility index (Phi) is 6.04. The summed E-state index contributed by atoms with van der Waals surface area (Å²) in [4.78, 5) is 23.7. The SMILES string of the molecule is COC(=O)COc1ccc(NC(=O)CC2COCCN2)c2ccccc12. The number of methoxy groups -OCH3 is 1. The van der Waals surface area contributed by atoms with Gasteiger partial charge in [-0.3, -0.25) is 4.79 Å². The standard InChI is InChI=1S/C19H22N2O5/c1-24-19(23)12-26-17-7-6-16(14-4-2-3-5-15(14)17)21-18(22)10-13-11-25-9-8-20-13/h2-7,13,20H,8-12H2,1H3,(H,21,22). The topological polar surface area (TPSA) is 85.9 Å². The monoisotopic (exact) mass is 358 g/mol. The Morgan fingerprint density at radius 2 is 2.04 bits per heavy atom. The Labute approximate surface area is 151 Å². The number of esters is 1. The van der Waals surface area contributed by atoms with Crippen LogP contribution in [0.4, 0.5) is 5.69 Å². The number of hydrogen-bond donors (Lipinski definition) is 2. The van der Waals surface area contributed by atoms with E-state index in [0.717, 1.165) is 17.3 Å². The van der Waals surface area contributed by atoms with E-state index in [-0.39, 0.29) is 18.6 Å². The van der Waals surface area contributed by atoms with Crippen LogP contribution in [0.2, 0.25) is 0 Å². The lowest BCUT2D eigenvalue weighted by molar-refractivity contribution is -0.142. The van der Waals surface area contributed by atoms with Gasteiger partial charge in [-0.1, -0.05) is 24.3 Å². The first-order valence-corrected chi connectivity index (χ1v) is 8.49. The van der Waals surface area contributed by atoms with Crippen molar-refractivity contribution in [3.05, 3.63) is 36.4 Å². The minimum Gasteiger partial charge on any atom is -0.481 e. The fourth-order valence-electron chi connectivity index (χ4n) is 2.88. The summed E-state index contributed by atoms with van der Waals surface area (Å²) in [5.41, 5.74) is 0.702. The van der Waals surface area contributed by atoms with E-state index < -0.39 is 5.97 Å². The molecule has 1 saturated heterocycles. The van der Waals surface area contributed by atoms with Crippen molar-refractivity contribution in [3.63, 3.8) is 0 Å². The molecule has 1 heterocycles. The van der Waals surface area contributed by atoms with Crippen LogP contribution >= 0.6 is 0 Å². The zero-order valence-electron chi connectivity index (χ0n) is 14.6. The van der Waals surface area contributed by atoms with Gasteiger partial charge in [0.25, 0.3) is 0 Å². The Morgan fingerprint density at radius 3 is 2.77 bits per heavy atom. The molecule has 7 heteroatoms. The van der Waals surface area contributed by atoms with E-state index in [0.29, 0.717) is 31.1 Å². The summed E-state index contributed by atoms with van der Waals surface area (Å²) in [5.74, 6) is 0.0291. The zero-order valence-corrected chi connectivity index (χ0v) is 14.6. The molecule has 1 amide bonds. The van der Waals surface area contributed by atoms with Crippen molar-refractivity contribution < 1.29 is 23.8 Å². The van der Waals surface area contributed by atoms with E-state index in [2.05, 4.69) is 15.4 Å². The van der Waals surface area contributed by atoms with E-state index in [9.17, 15) is 9.59 Å². The van der Waals surface area contributed by atoms with Crippen molar-refractivity contribution in [3.8, 4) is 5.75 Å². The van der Waals surface area contributed by atoms with Gasteiger partial charge in [0, 0.05) is 35.5 Å². The maximum Gasteiger partial charge on any atom is 0.343 e. The molecule has 0 aliphatic carbocycles. The van der Waals surface area contributed by atoms with Crippen molar-refractivity contribution in [2.45, 2.75) is 12.5 Å². The maximum absolute atomic E-state index is 12.4. The van der Waals surface area contributed by atoms with Gasteiger partial charge in [0.1, 0.15) is 5.75 Å². The van der Waals surface area contributed by atoms with Gasteiger partial charge in [-0.2, -0.15) is 0 Å². The van der Waals surface area contributed by atoms with Gasteiger partial charge in [-0.15, -0.1) is 0 Å². The molecule has 138 valence electrons. The van der Waals surface area contributed by atoms with Crippen LogP contribution in [0.5, 0.6) is 5.75 Å². The molecule has 1 atom stereocenters. The largest absolute Gasteiger partial charge is 0.481 e. The molecular formula is C19H22N2O5. The Bertz CT molecular complexity index is 787. The Balaban J connectivity index is 1.74. The highest BCUT2D eigenvalue weighted by molar-refractivity contribution is 6.04. The first kappa shape index (κ1) is 18.2. The van der Waals surface area contributed by atoms with E-state index in [4.69, 9.17) is 9.47 Å². The normalized spacial score (nSPS) is 16.9. The highest BCUT2D eigenvalue weighted by atomic mass is 16.6. The number of benzene rings is 2. The van der Waals surface area contributed by atoms with E-state index >= 15 is 0 Å². The van der Waals surface area contributed by atoms with Gasteiger partial charge in [-0.25, -0.2) is 4.79 Å². The highest BCUT2D eigenvalue weighted by Gasteiger charge is 2.18. The van der Waals surface area contributed by atoms with Crippen LogP contribution in [0.25, 0.3) is 10.8 Å². The second kappa shape index (κ2) is 8.64. The molecule has 3 rings (SSSR count). The van der Waals surface area contributed by atoms with Crippen molar-refractivity contribution in [1.29, 1.82) is 0 Å². The molecule has 7 nitrogen and oxygen atoms in total. The summed E-state index contributed by atoms with van der Waals surface area (Å²) in [6.45, 7) is 1.80. The predicted molar refractivity (Wildman–Crippen MR) is 97.3 cm³/mol. The van der Waals surface area contributed by atoms with Crippen LogP contribution in [0.3, 0.4) is 0 Å². The first-order chi connectivity index (χ1) is 12.7. The number of fused-ring (bicyclic) bond motifs is 1. The minimum absolute atomic E-state index is 0.0256. The predicted octanol–water partition coefficient (Wildman–Crippen LogP) is 1.71. The van der Waals surface area contributed by atoms with Crippen LogP contribution < -0.4 is 15.4 Å². The van der Waals surface area contributed by atoms with Gasteiger partial charge in [0.05, 0.1) is 20.3 Å². The third kappa shape index (κ3) is 4.50. The summed E-state index contributed by atoms with van der Waals surface area (Å²) < 4.78 is 15.5. The minimum atomic E-state index is -0.450. The number of carbonyl (C=O) groups is 2. The van der Waals surface area contributed by atoms with Crippen LogP contribution in [0.1, 0.15) is 6.42 Å². The number of ether oxygens (including phenoxy) is 3. The fraction of sp³-hybridized carbons (Fsp3) is 0.368. The average molecular weight is 358 g/mol. The van der Waals surface area contributed by atoms with Gasteiger partial charge >= 0.3 is 5.97 Å². The van der Waals surface area contributed by atoms with Crippen molar-refractivity contribution >= 4 is 28.3 Å². The number of rotatable bonds is 6. The van der Waals surface area contributed by atoms with Crippen molar-refractivity contribution in [2.75, 3.05) is 38.8 Å². The molecule has 0 spiro atoms. The maximum atomic E-state index is 12.4. The lowest BCUT2D eigenvalue weighted by Crippen LogP contribution is -2.43. The fourth-order valence-corrected chi connectivity index (χ4v) is 2.88. The van der Waals surface area contributed by atoms with E-state index in [1.165, 1.54) is 7.11 Å². The van der Waals surface area contributed by atoms with Crippen LogP contribution in [-0.2, 0) is 19.1 Å². The number of anilines is 1. The molecule has 1 aliphatic heterocycles. The van der Waals surface area contributed by atoms with Crippen molar-refractivity contribution in [1.82, 2.24) is 5.32 Å². The number of carbonyl (C=O) groups excluding carboxylic acids is 2. The van der Waals surface area contributed by atoms with Gasteiger partial charge < -0.3 is 24.8 Å². The number of nitrogens with one attached hydrogen (secondary N) is 2. The molecule has 0 aromatic heterocycles. The van der Waals surface area contributed by atoms with E-state index in [1.807, 2.05) is 24.3 Å². The molecule has 0 bridgehead atoms. The molecule has 0 radical (unpaired) electrons. The molecule has 1 fully saturated rings. The summed E-state index contributed by atoms with van der Waals surface area (Å²) in [6, 6.07) is 11.1. The van der Waals surface area contributed by atoms with Crippen LogP contribution in [0, 0.1) is 0 Å². The van der Waals surface area contributed by atoms with Crippen molar-refractivity contribution in [2.24, 2.45) is 0 Å². The lowest BCUT2D eigenvalue weighted by Gasteiger charge is -2.23. The molecule has 26 heavy (non-hydrogen) atoms. The third-order valence-electron chi connectivity index (χ3n) is 4.16. The molecule has 2 aromatic rings. The summed E-state index contributed by atoms with van der Waals surface area (Å²) in [7, 11) is 1.31.